The van der Waals surface area contributed by atoms with Crippen molar-refractivity contribution >= 4 is 11.9 Å². The summed E-state index contributed by atoms with van der Waals surface area (Å²) in [5.74, 6) is -1.00. The molecule has 0 fully saturated rings. The SMILES string of the molecule is [2H]C(c1ccccc1OCCCCCC(=O)O)N(C(=O)c1ccc(-c2ccco2)c(F)c1)C(C)C. The Morgan fingerprint density at radius 2 is 1.91 bits per heavy atom. The van der Waals surface area contributed by atoms with Gasteiger partial charge in [-0.2, -0.15) is 0 Å². The van der Waals surface area contributed by atoms with Gasteiger partial charge in [0.25, 0.3) is 5.91 Å². The van der Waals surface area contributed by atoms with Crippen LogP contribution >= 0.6 is 0 Å². The van der Waals surface area contributed by atoms with Crippen molar-refractivity contribution in [1.82, 2.24) is 4.90 Å². The van der Waals surface area contributed by atoms with Gasteiger partial charge in [0, 0.05) is 30.1 Å². The molecule has 7 heteroatoms. The van der Waals surface area contributed by atoms with Crippen molar-refractivity contribution in [1.29, 1.82) is 0 Å². The monoisotopic (exact) mass is 468 g/mol. The zero-order valence-corrected chi connectivity index (χ0v) is 19.4. The lowest BCUT2D eigenvalue weighted by atomic mass is 10.1. The van der Waals surface area contributed by atoms with Crippen LogP contribution in [0.15, 0.2) is 65.3 Å². The Hall–Kier alpha value is -3.61. The van der Waals surface area contributed by atoms with Gasteiger partial charge >= 0.3 is 5.97 Å². The van der Waals surface area contributed by atoms with E-state index in [-0.39, 0.29) is 23.6 Å². The molecule has 1 unspecified atom stereocenters. The summed E-state index contributed by atoms with van der Waals surface area (Å²) in [6.07, 6.45) is 3.55. The van der Waals surface area contributed by atoms with E-state index in [9.17, 15) is 14.0 Å². The van der Waals surface area contributed by atoms with E-state index in [0.29, 0.717) is 36.5 Å². The largest absolute Gasteiger partial charge is 0.493 e. The molecule has 0 bridgehead atoms. The normalized spacial score (nSPS) is 12.3. The van der Waals surface area contributed by atoms with E-state index < -0.39 is 24.2 Å². The molecule has 1 aromatic heterocycles. The molecule has 0 aliphatic rings. The first-order valence-electron chi connectivity index (χ1n) is 11.9. The summed E-state index contributed by atoms with van der Waals surface area (Å²) in [4.78, 5) is 25.4. The average Bonchev–Trinajstić information content (AvgIpc) is 3.35. The van der Waals surface area contributed by atoms with E-state index in [1.807, 2.05) is 0 Å². The second-order valence-corrected chi connectivity index (χ2v) is 8.20. The summed E-state index contributed by atoms with van der Waals surface area (Å²) in [5, 5.41) is 8.73. The fourth-order valence-electron chi connectivity index (χ4n) is 3.48. The summed E-state index contributed by atoms with van der Waals surface area (Å²) < 4.78 is 34.8. The minimum Gasteiger partial charge on any atom is -0.493 e. The highest BCUT2D eigenvalue weighted by atomic mass is 19.1. The topological polar surface area (TPSA) is 80.0 Å². The maximum absolute atomic E-state index is 14.8. The highest BCUT2D eigenvalue weighted by Crippen LogP contribution is 2.26. The second kappa shape index (κ2) is 12.0. The van der Waals surface area contributed by atoms with Crippen LogP contribution in [0, 0.1) is 5.82 Å². The van der Waals surface area contributed by atoms with Crippen LogP contribution < -0.4 is 4.74 Å². The molecule has 0 saturated carbocycles. The molecule has 0 aliphatic heterocycles. The predicted molar refractivity (Wildman–Crippen MR) is 127 cm³/mol. The maximum Gasteiger partial charge on any atom is 0.303 e. The number of unbranched alkanes of at least 4 members (excludes halogenated alkanes) is 2. The average molecular weight is 469 g/mol. The van der Waals surface area contributed by atoms with Crippen molar-refractivity contribution in [2.75, 3.05) is 6.61 Å². The third-order valence-electron chi connectivity index (χ3n) is 5.28. The van der Waals surface area contributed by atoms with Crippen LogP contribution in [0.1, 0.15) is 56.8 Å². The first kappa shape index (κ1) is 23.5. The number of amides is 1. The lowest BCUT2D eigenvalue weighted by Crippen LogP contribution is -2.36. The van der Waals surface area contributed by atoms with E-state index in [0.717, 1.165) is 6.42 Å². The number of para-hydroxylation sites is 1. The van der Waals surface area contributed by atoms with Crippen LogP contribution in [0.3, 0.4) is 0 Å². The molecule has 0 spiro atoms. The summed E-state index contributed by atoms with van der Waals surface area (Å²) in [7, 11) is 0. The smallest absolute Gasteiger partial charge is 0.303 e. The van der Waals surface area contributed by atoms with Gasteiger partial charge in [-0.1, -0.05) is 18.2 Å². The minimum absolute atomic E-state index is 0.125. The molecule has 3 rings (SSSR count). The Morgan fingerprint density at radius 1 is 1.12 bits per heavy atom. The second-order valence-electron chi connectivity index (χ2n) is 8.20. The number of aliphatic carboxylic acids is 1. The molecular formula is C27H30FNO5. The van der Waals surface area contributed by atoms with Crippen molar-refractivity contribution in [3.63, 3.8) is 0 Å². The molecule has 1 atom stereocenters. The Kier molecular flexibility index (Phi) is 8.32. The van der Waals surface area contributed by atoms with Gasteiger partial charge in [0.2, 0.25) is 0 Å². The number of furan rings is 1. The lowest BCUT2D eigenvalue weighted by molar-refractivity contribution is -0.137. The van der Waals surface area contributed by atoms with Gasteiger partial charge < -0.3 is 19.2 Å². The van der Waals surface area contributed by atoms with Gasteiger partial charge in [0.05, 0.1) is 19.8 Å². The van der Waals surface area contributed by atoms with Crippen LogP contribution in [0.2, 0.25) is 0 Å². The third-order valence-corrected chi connectivity index (χ3v) is 5.28. The number of ether oxygens (including phenoxy) is 1. The van der Waals surface area contributed by atoms with E-state index in [2.05, 4.69) is 0 Å². The van der Waals surface area contributed by atoms with Crippen LogP contribution in [-0.4, -0.2) is 34.5 Å². The van der Waals surface area contributed by atoms with E-state index in [4.69, 9.17) is 15.6 Å². The first-order valence-corrected chi connectivity index (χ1v) is 11.3. The van der Waals surface area contributed by atoms with Gasteiger partial charge in [-0.15, -0.1) is 0 Å². The Labute approximate surface area is 200 Å². The summed E-state index contributed by atoms with van der Waals surface area (Å²) in [5.41, 5.74) is 0.917. The molecule has 0 aliphatic carbocycles. The number of rotatable bonds is 12. The molecule has 1 amide bonds. The van der Waals surface area contributed by atoms with Crippen LogP contribution in [-0.2, 0) is 11.3 Å². The van der Waals surface area contributed by atoms with Crippen molar-refractivity contribution in [3.8, 4) is 17.1 Å². The van der Waals surface area contributed by atoms with Crippen molar-refractivity contribution in [2.24, 2.45) is 0 Å². The zero-order chi connectivity index (χ0) is 25.4. The molecule has 0 saturated heterocycles. The van der Waals surface area contributed by atoms with E-state index in [1.54, 1.807) is 50.2 Å². The van der Waals surface area contributed by atoms with E-state index in [1.165, 1.54) is 29.4 Å². The molecular weight excluding hydrogens is 437 g/mol. The summed E-state index contributed by atoms with van der Waals surface area (Å²) >= 11 is 0. The quantitative estimate of drug-likeness (QED) is 0.322. The van der Waals surface area contributed by atoms with Crippen LogP contribution in [0.4, 0.5) is 4.39 Å². The van der Waals surface area contributed by atoms with Gasteiger partial charge in [0.1, 0.15) is 17.3 Å². The van der Waals surface area contributed by atoms with Crippen molar-refractivity contribution in [3.05, 3.63) is 77.8 Å². The number of hydrogen-bond acceptors (Lipinski definition) is 4. The number of halogens is 1. The predicted octanol–water partition coefficient (Wildman–Crippen LogP) is 6.16. The Morgan fingerprint density at radius 3 is 2.59 bits per heavy atom. The van der Waals surface area contributed by atoms with Crippen molar-refractivity contribution < 1.29 is 29.6 Å². The number of carboxylic acid groups (broad SMARTS) is 1. The Bertz CT molecular complexity index is 1130. The number of carboxylic acids is 1. The van der Waals surface area contributed by atoms with Gasteiger partial charge in [-0.25, -0.2) is 4.39 Å². The lowest BCUT2D eigenvalue weighted by Gasteiger charge is -2.28. The Balaban J connectivity index is 1.75. The molecule has 2 aromatic carbocycles. The molecule has 1 heterocycles. The van der Waals surface area contributed by atoms with Crippen molar-refractivity contribution in [2.45, 2.75) is 52.1 Å². The summed E-state index contributed by atoms with van der Waals surface area (Å²) in [6.45, 7) is 2.91. The standard InChI is InChI=1S/C27H30FNO5/c1-19(2)29(27(32)20-13-14-22(23(28)17-20)25-11-8-16-34-25)18-21-9-5-6-10-24(21)33-15-7-3-4-12-26(30)31/h5-6,8-11,13-14,16-17,19H,3-4,7,12,15,18H2,1-2H3,(H,30,31)/i18D. The molecule has 180 valence electrons. The molecule has 34 heavy (non-hydrogen) atoms. The molecule has 1 N–H and O–H groups in total. The van der Waals surface area contributed by atoms with Gasteiger partial charge in [-0.05, 0) is 69.5 Å². The fourth-order valence-corrected chi connectivity index (χ4v) is 3.48. The van der Waals surface area contributed by atoms with Gasteiger partial charge in [0.15, 0.2) is 0 Å². The number of nitrogens with zero attached hydrogens (tertiary/aromatic N) is 1. The fraction of sp³-hybridized carbons (Fsp3) is 0.333. The minimum atomic E-state index is -1.07. The highest BCUT2D eigenvalue weighted by Gasteiger charge is 2.22. The maximum atomic E-state index is 14.8. The highest BCUT2D eigenvalue weighted by molar-refractivity contribution is 5.95. The number of carbonyl (C=O) groups is 2. The molecule has 0 radical (unpaired) electrons. The van der Waals surface area contributed by atoms with Gasteiger partial charge in [-0.3, -0.25) is 9.59 Å². The molecule has 6 nitrogen and oxygen atoms in total. The number of carbonyl (C=O) groups excluding carboxylic acids is 1. The number of benzene rings is 2. The van der Waals surface area contributed by atoms with Crippen LogP contribution in [0.25, 0.3) is 11.3 Å². The van der Waals surface area contributed by atoms with E-state index >= 15 is 0 Å². The third kappa shape index (κ3) is 6.70. The number of hydrogen-bond donors (Lipinski definition) is 1. The zero-order valence-electron chi connectivity index (χ0n) is 20.4. The molecule has 3 aromatic rings. The van der Waals surface area contributed by atoms with Crippen LogP contribution in [0.5, 0.6) is 5.75 Å². The first-order chi connectivity index (χ1) is 16.8. The summed E-state index contributed by atoms with van der Waals surface area (Å²) in [6, 6.07) is 14.2.